The third-order valence-electron chi connectivity index (χ3n) is 3.25. The molecule has 0 saturated heterocycles. The molecule has 2 nitrogen and oxygen atoms in total. The molecule has 5 heteroatoms. The second-order valence-corrected chi connectivity index (χ2v) is 8.21. The largest absolute Gasteiger partial charge is 0.496 e. The summed E-state index contributed by atoms with van der Waals surface area (Å²) in [6.45, 7) is 3.20. The second kappa shape index (κ2) is 8.32. The van der Waals surface area contributed by atoms with Crippen LogP contribution in [0.4, 0.5) is 0 Å². The van der Waals surface area contributed by atoms with Crippen molar-refractivity contribution in [3.05, 3.63) is 49.0 Å². The molecule has 0 saturated carbocycles. The van der Waals surface area contributed by atoms with E-state index >= 15 is 0 Å². The zero-order chi connectivity index (χ0) is 15.2. The monoisotopic (exact) mass is 431 g/mol. The van der Waals surface area contributed by atoms with Gasteiger partial charge in [0.1, 0.15) is 5.75 Å². The SMILES string of the molecule is CCCNC(Cc1ccc(Br)s1)c1ccc(OC)c(Br)c1. The molecule has 0 fully saturated rings. The highest BCUT2D eigenvalue weighted by Gasteiger charge is 2.14. The first kappa shape index (κ1) is 17.0. The number of hydrogen-bond acceptors (Lipinski definition) is 3. The Morgan fingerprint density at radius 3 is 2.62 bits per heavy atom. The summed E-state index contributed by atoms with van der Waals surface area (Å²) in [4.78, 5) is 1.38. The van der Waals surface area contributed by atoms with Crippen molar-refractivity contribution >= 4 is 43.2 Å². The highest BCUT2D eigenvalue weighted by Crippen LogP contribution is 2.31. The van der Waals surface area contributed by atoms with Gasteiger partial charge in [0.2, 0.25) is 0 Å². The van der Waals surface area contributed by atoms with Crippen LogP contribution >= 0.6 is 43.2 Å². The molecule has 1 unspecified atom stereocenters. The number of halogens is 2. The highest BCUT2D eigenvalue weighted by molar-refractivity contribution is 9.11. The van der Waals surface area contributed by atoms with Crippen LogP contribution in [0.5, 0.6) is 5.75 Å². The van der Waals surface area contributed by atoms with Crippen molar-refractivity contribution in [3.8, 4) is 5.75 Å². The number of rotatable bonds is 7. The minimum atomic E-state index is 0.317. The molecular weight excluding hydrogens is 414 g/mol. The molecule has 1 aromatic carbocycles. The predicted molar refractivity (Wildman–Crippen MR) is 97.5 cm³/mol. The number of methoxy groups -OCH3 is 1. The maximum absolute atomic E-state index is 5.31. The van der Waals surface area contributed by atoms with Crippen LogP contribution in [-0.4, -0.2) is 13.7 Å². The zero-order valence-corrected chi connectivity index (χ0v) is 16.1. The van der Waals surface area contributed by atoms with E-state index in [1.54, 1.807) is 18.4 Å². The molecule has 1 heterocycles. The van der Waals surface area contributed by atoms with Crippen molar-refractivity contribution in [1.29, 1.82) is 0 Å². The summed E-state index contributed by atoms with van der Waals surface area (Å²) in [5, 5.41) is 3.64. The van der Waals surface area contributed by atoms with Gasteiger partial charge in [0.05, 0.1) is 15.4 Å². The summed E-state index contributed by atoms with van der Waals surface area (Å²) in [5.74, 6) is 0.867. The van der Waals surface area contributed by atoms with Gasteiger partial charge in [-0.25, -0.2) is 0 Å². The van der Waals surface area contributed by atoms with Crippen molar-refractivity contribution in [2.75, 3.05) is 13.7 Å². The van der Waals surface area contributed by atoms with Crippen LogP contribution in [0.15, 0.2) is 38.6 Å². The fraction of sp³-hybridized carbons (Fsp3) is 0.375. The average molecular weight is 433 g/mol. The first-order valence-electron chi connectivity index (χ1n) is 6.95. The third-order valence-corrected chi connectivity index (χ3v) is 5.52. The van der Waals surface area contributed by atoms with Gasteiger partial charge in [0, 0.05) is 17.3 Å². The van der Waals surface area contributed by atoms with Gasteiger partial charge in [0.15, 0.2) is 0 Å². The van der Waals surface area contributed by atoms with E-state index in [-0.39, 0.29) is 0 Å². The Morgan fingerprint density at radius 2 is 2.05 bits per heavy atom. The van der Waals surface area contributed by atoms with E-state index in [4.69, 9.17) is 4.74 Å². The Hall–Kier alpha value is -0.360. The highest BCUT2D eigenvalue weighted by atomic mass is 79.9. The van der Waals surface area contributed by atoms with E-state index in [9.17, 15) is 0 Å². The van der Waals surface area contributed by atoms with E-state index in [1.165, 1.54) is 14.2 Å². The van der Waals surface area contributed by atoms with Crippen LogP contribution in [-0.2, 0) is 6.42 Å². The number of nitrogens with one attached hydrogen (secondary N) is 1. The van der Waals surface area contributed by atoms with Crippen molar-refractivity contribution in [3.63, 3.8) is 0 Å². The standard InChI is InChI=1S/C16H19Br2NOS/c1-3-8-19-14(10-12-5-7-16(18)21-12)11-4-6-15(20-2)13(17)9-11/h4-7,9,14,19H,3,8,10H2,1-2H3. The second-order valence-electron chi connectivity index (χ2n) is 4.81. The van der Waals surface area contributed by atoms with Crippen molar-refractivity contribution in [1.82, 2.24) is 5.32 Å². The van der Waals surface area contributed by atoms with Gasteiger partial charge < -0.3 is 10.1 Å². The van der Waals surface area contributed by atoms with Crippen molar-refractivity contribution in [2.24, 2.45) is 0 Å². The Morgan fingerprint density at radius 1 is 1.24 bits per heavy atom. The molecule has 1 aromatic heterocycles. The fourth-order valence-electron chi connectivity index (χ4n) is 2.19. The topological polar surface area (TPSA) is 21.3 Å². The van der Waals surface area contributed by atoms with E-state index in [0.29, 0.717) is 6.04 Å². The molecular formula is C16H19Br2NOS. The Labute approximate surface area is 147 Å². The normalized spacial score (nSPS) is 12.4. The minimum absolute atomic E-state index is 0.317. The lowest BCUT2D eigenvalue weighted by Gasteiger charge is -2.19. The molecule has 0 amide bonds. The first-order valence-corrected chi connectivity index (χ1v) is 9.35. The van der Waals surface area contributed by atoms with Gasteiger partial charge in [-0.3, -0.25) is 0 Å². The molecule has 114 valence electrons. The summed E-state index contributed by atoms with van der Waals surface area (Å²) < 4.78 is 7.49. The van der Waals surface area contributed by atoms with Crippen molar-refractivity contribution in [2.45, 2.75) is 25.8 Å². The molecule has 1 N–H and O–H groups in total. The van der Waals surface area contributed by atoms with Gasteiger partial charge in [-0.2, -0.15) is 0 Å². The number of hydrogen-bond donors (Lipinski definition) is 1. The Kier molecular flexibility index (Phi) is 6.74. The smallest absolute Gasteiger partial charge is 0.133 e. The summed E-state index contributed by atoms with van der Waals surface area (Å²) in [7, 11) is 1.69. The van der Waals surface area contributed by atoms with Crippen LogP contribution in [0.1, 0.15) is 29.8 Å². The summed E-state index contributed by atoms with van der Waals surface area (Å²) in [6.07, 6.45) is 2.12. The van der Waals surface area contributed by atoms with Crippen LogP contribution in [0.2, 0.25) is 0 Å². The summed E-state index contributed by atoms with van der Waals surface area (Å²) in [5.41, 5.74) is 1.28. The lowest BCUT2D eigenvalue weighted by molar-refractivity contribution is 0.411. The maximum atomic E-state index is 5.31. The van der Waals surface area contributed by atoms with Gasteiger partial charge in [-0.15, -0.1) is 11.3 Å². The lowest BCUT2D eigenvalue weighted by Crippen LogP contribution is -2.23. The van der Waals surface area contributed by atoms with E-state index in [0.717, 1.165) is 29.6 Å². The van der Waals surface area contributed by atoms with Gasteiger partial charge >= 0.3 is 0 Å². The van der Waals surface area contributed by atoms with Gasteiger partial charge in [0.25, 0.3) is 0 Å². The van der Waals surface area contributed by atoms with Crippen LogP contribution < -0.4 is 10.1 Å². The van der Waals surface area contributed by atoms with Gasteiger partial charge in [-0.1, -0.05) is 13.0 Å². The molecule has 0 radical (unpaired) electrons. The Bertz CT molecular complexity index is 585. The molecule has 0 bridgehead atoms. The Balaban J connectivity index is 2.20. The average Bonchev–Trinajstić information content (AvgIpc) is 2.88. The molecule has 1 atom stereocenters. The maximum Gasteiger partial charge on any atom is 0.133 e. The predicted octanol–water partition coefficient (Wildman–Crippen LogP) is 5.57. The first-order chi connectivity index (χ1) is 10.1. The quantitative estimate of drug-likeness (QED) is 0.617. The lowest BCUT2D eigenvalue weighted by atomic mass is 10.0. The van der Waals surface area contributed by atoms with Crippen LogP contribution in [0.3, 0.4) is 0 Å². The molecule has 0 aliphatic heterocycles. The third kappa shape index (κ3) is 4.81. The molecule has 2 rings (SSSR count). The van der Waals surface area contributed by atoms with Crippen LogP contribution in [0, 0.1) is 0 Å². The summed E-state index contributed by atoms with van der Waals surface area (Å²) >= 11 is 8.91. The molecule has 2 aromatic rings. The summed E-state index contributed by atoms with van der Waals surface area (Å²) in [6, 6.07) is 10.9. The minimum Gasteiger partial charge on any atom is -0.496 e. The molecule has 0 aliphatic rings. The zero-order valence-electron chi connectivity index (χ0n) is 12.2. The molecule has 0 spiro atoms. The van der Waals surface area contributed by atoms with Crippen LogP contribution in [0.25, 0.3) is 0 Å². The van der Waals surface area contributed by atoms with E-state index in [2.05, 4.69) is 68.4 Å². The van der Waals surface area contributed by atoms with Gasteiger partial charge in [-0.05, 0) is 74.7 Å². The number of benzene rings is 1. The van der Waals surface area contributed by atoms with E-state index < -0.39 is 0 Å². The van der Waals surface area contributed by atoms with E-state index in [1.807, 2.05) is 6.07 Å². The van der Waals surface area contributed by atoms with Crippen molar-refractivity contribution < 1.29 is 4.74 Å². The number of thiophene rings is 1. The fourth-order valence-corrected chi connectivity index (χ4v) is 4.28. The molecule has 0 aliphatic carbocycles. The molecule has 21 heavy (non-hydrogen) atoms. The number of ether oxygens (including phenoxy) is 1.